The summed E-state index contributed by atoms with van der Waals surface area (Å²) in [6, 6.07) is 47.3. The van der Waals surface area contributed by atoms with Gasteiger partial charge in [0.15, 0.2) is 0 Å². The normalized spacial score (nSPS) is 13.7. The molecule has 0 unspecified atom stereocenters. The largest absolute Gasteiger partial charge is 0.455 e. The molecule has 0 aliphatic carbocycles. The zero-order valence-electron chi connectivity index (χ0n) is 28.5. The van der Waals surface area contributed by atoms with Crippen molar-refractivity contribution in [3.63, 3.8) is 0 Å². The lowest BCUT2D eigenvalue weighted by molar-refractivity contribution is 0.591. The molecule has 0 radical (unpaired) electrons. The van der Waals surface area contributed by atoms with Crippen molar-refractivity contribution >= 4 is 111 Å². The van der Waals surface area contributed by atoms with Crippen molar-refractivity contribution in [1.29, 1.82) is 0 Å². The molecule has 12 rings (SSSR count). The Hall–Kier alpha value is -5.78. The van der Waals surface area contributed by atoms with Gasteiger partial charge in [0.2, 0.25) is 0 Å². The van der Waals surface area contributed by atoms with Gasteiger partial charge in [-0.3, -0.25) is 0 Å². The Labute approximate surface area is 299 Å². The molecule has 0 fully saturated rings. The first-order chi connectivity index (χ1) is 24.9. The van der Waals surface area contributed by atoms with Gasteiger partial charge in [-0.15, -0.1) is 11.3 Å². The molecule has 0 saturated heterocycles. The summed E-state index contributed by atoms with van der Waals surface area (Å²) < 4.78 is 9.51. The van der Waals surface area contributed by atoms with Crippen LogP contribution in [0.3, 0.4) is 0 Å². The van der Waals surface area contributed by atoms with Gasteiger partial charge in [0, 0.05) is 48.9 Å². The topological polar surface area (TPSA) is 21.3 Å². The molecule has 0 amide bonds. The van der Waals surface area contributed by atoms with Crippen LogP contribution in [-0.4, -0.2) is 11.3 Å². The van der Waals surface area contributed by atoms with Gasteiger partial charge in [-0.25, -0.2) is 0 Å². The number of anilines is 3. The second-order valence-electron chi connectivity index (χ2n) is 15.3. The number of nitrogens with zero attached hydrogens (tertiary/aromatic N) is 2. The van der Waals surface area contributed by atoms with E-state index >= 15 is 0 Å². The number of para-hydroxylation sites is 1. The van der Waals surface area contributed by atoms with Crippen LogP contribution in [-0.2, 0) is 5.41 Å². The number of aromatic nitrogens is 1. The Morgan fingerprint density at radius 3 is 2.25 bits per heavy atom. The monoisotopic (exact) mass is 670 g/mol. The molecule has 0 atom stereocenters. The highest BCUT2D eigenvalue weighted by Gasteiger charge is 2.45. The van der Waals surface area contributed by atoms with E-state index in [0.29, 0.717) is 0 Å². The third-order valence-electron chi connectivity index (χ3n) is 11.6. The van der Waals surface area contributed by atoms with Gasteiger partial charge in [-0.05, 0) is 85.9 Å². The quantitative estimate of drug-likeness (QED) is 0.162. The van der Waals surface area contributed by atoms with E-state index in [0.717, 1.165) is 11.2 Å². The molecule has 0 N–H and O–H groups in total. The fraction of sp³-hybridized carbons (Fsp3) is 0.0870. The Balaban J connectivity index is 1.28. The van der Waals surface area contributed by atoms with Crippen molar-refractivity contribution < 1.29 is 4.42 Å². The van der Waals surface area contributed by atoms with E-state index in [2.05, 4.69) is 163 Å². The van der Waals surface area contributed by atoms with Crippen LogP contribution < -0.4 is 15.8 Å². The minimum Gasteiger partial charge on any atom is -0.455 e. The number of hydrogen-bond acceptors (Lipinski definition) is 3. The van der Waals surface area contributed by atoms with Crippen LogP contribution in [0.15, 0.2) is 137 Å². The third-order valence-corrected chi connectivity index (χ3v) is 12.6. The Morgan fingerprint density at radius 2 is 1.39 bits per heavy atom. The van der Waals surface area contributed by atoms with Crippen molar-refractivity contribution in [2.24, 2.45) is 0 Å². The highest BCUT2D eigenvalue weighted by atomic mass is 32.1. The Morgan fingerprint density at radius 1 is 0.627 bits per heavy atom. The molecule has 0 bridgehead atoms. The van der Waals surface area contributed by atoms with Crippen LogP contribution in [0.2, 0.25) is 0 Å². The maximum absolute atomic E-state index is 6.84. The maximum Gasteiger partial charge on any atom is 0.334 e. The van der Waals surface area contributed by atoms with Crippen molar-refractivity contribution in [3.05, 3.63) is 138 Å². The van der Waals surface area contributed by atoms with Gasteiger partial charge in [-0.1, -0.05) is 106 Å². The van der Waals surface area contributed by atoms with Crippen LogP contribution in [0.1, 0.15) is 26.3 Å². The number of hydrogen-bond donors (Lipinski definition) is 0. The summed E-state index contributed by atoms with van der Waals surface area (Å²) >= 11 is 1.88. The zero-order valence-corrected chi connectivity index (χ0v) is 29.3. The van der Waals surface area contributed by atoms with Crippen molar-refractivity contribution in [2.75, 3.05) is 4.90 Å². The lowest BCUT2D eigenvalue weighted by Crippen LogP contribution is -2.56. The molecule has 5 heterocycles. The highest BCUT2D eigenvalue weighted by molar-refractivity contribution is 7.17. The molecule has 3 nitrogen and oxygen atoms in total. The van der Waals surface area contributed by atoms with Gasteiger partial charge in [0.25, 0.3) is 0 Å². The van der Waals surface area contributed by atoms with Gasteiger partial charge < -0.3 is 13.8 Å². The molecular formula is C46H31BN2OS. The first kappa shape index (κ1) is 28.0. The van der Waals surface area contributed by atoms with E-state index < -0.39 is 0 Å². The molecule has 5 heteroatoms. The third kappa shape index (κ3) is 3.54. The van der Waals surface area contributed by atoms with Gasteiger partial charge in [0.1, 0.15) is 11.2 Å². The SMILES string of the molecule is CC(C)(C)c1ccc2c(c1)c1c3oc4ccccc4c3cc3c1n2B1c2c(csc2-3)N(c2ccc3ccccc3c2)c2ccc3ccccc3c21. The zero-order chi connectivity index (χ0) is 33.7. The molecular weight excluding hydrogens is 639 g/mol. The Kier molecular flexibility index (Phi) is 5.22. The molecule has 7 aromatic carbocycles. The summed E-state index contributed by atoms with van der Waals surface area (Å²) in [4.78, 5) is 3.88. The molecule has 2 aliphatic heterocycles. The van der Waals surface area contributed by atoms with E-state index in [1.807, 2.05) is 11.3 Å². The summed E-state index contributed by atoms with van der Waals surface area (Å²) in [6.45, 7) is 6.92. The summed E-state index contributed by atoms with van der Waals surface area (Å²) in [7, 11) is 0. The predicted molar refractivity (Wildman–Crippen MR) is 219 cm³/mol. The molecule has 0 spiro atoms. The fourth-order valence-corrected chi connectivity index (χ4v) is 10.3. The minimum atomic E-state index is -0.00567. The molecule has 0 saturated carbocycles. The maximum atomic E-state index is 6.84. The van der Waals surface area contributed by atoms with Crippen LogP contribution >= 0.6 is 11.3 Å². The van der Waals surface area contributed by atoms with Gasteiger partial charge in [-0.2, -0.15) is 0 Å². The van der Waals surface area contributed by atoms with Crippen molar-refractivity contribution in [2.45, 2.75) is 26.2 Å². The highest BCUT2D eigenvalue weighted by Crippen LogP contribution is 2.51. The number of furan rings is 1. The van der Waals surface area contributed by atoms with Gasteiger partial charge in [0.05, 0.1) is 16.6 Å². The average Bonchev–Trinajstić information content (AvgIpc) is 3.85. The fourth-order valence-electron chi connectivity index (χ4n) is 9.22. The molecule has 2 aliphatic rings. The number of rotatable bonds is 1. The van der Waals surface area contributed by atoms with Crippen LogP contribution in [0.4, 0.5) is 17.1 Å². The van der Waals surface area contributed by atoms with E-state index in [4.69, 9.17) is 4.42 Å². The first-order valence-electron chi connectivity index (χ1n) is 17.8. The first-order valence-corrected chi connectivity index (χ1v) is 18.7. The van der Waals surface area contributed by atoms with E-state index in [1.54, 1.807) is 0 Å². The van der Waals surface area contributed by atoms with Crippen molar-refractivity contribution in [1.82, 2.24) is 4.48 Å². The van der Waals surface area contributed by atoms with Crippen LogP contribution in [0.5, 0.6) is 0 Å². The second kappa shape index (κ2) is 9.51. The molecule has 3 aromatic heterocycles. The smallest absolute Gasteiger partial charge is 0.334 e. The van der Waals surface area contributed by atoms with E-state index in [-0.39, 0.29) is 12.3 Å². The average molecular weight is 671 g/mol. The minimum absolute atomic E-state index is 0.00567. The molecule has 10 aromatic rings. The predicted octanol–water partition coefficient (Wildman–Crippen LogP) is 11.8. The number of benzene rings is 7. The summed E-state index contributed by atoms with van der Waals surface area (Å²) in [5.41, 5.74) is 13.5. The van der Waals surface area contributed by atoms with E-state index in [1.165, 1.54) is 98.1 Å². The summed E-state index contributed by atoms with van der Waals surface area (Å²) in [5.74, 6) is 0. The van der Waals surface area contributed by atoms with Crippen molar-refractivity contribution in [3.8, 4) is 10.4 Å². The van der Waals surface area contributed by atoms with Crippen LogP contribution in [0, 0.1) is 0 Å². The number of thiophene rings is 1. The summed E-state index contributed by atoms with van der Waals surface area (Å²) in [6.07, 6.45) is 0. The Bertz CT molecular complexity index is 3160. The summed E-state index contributed by atoms with van der Waals surface area (Å²) in [5, 5.41) is 12.3. The van der Waals surface area contributed by atoms with Gasteiger partial charge >= 0.3 is 6.85 Å². The second-order valence-corrected chi connectivity index (χ2v) is 16.2. The lowest BCUT2D eigenvalue weighted by Gasteiger charge is -2.38. The van der Waals surface area contributed by atoms with Crippen LogP contribution in [0.25, 0.3) is 75.7 Å². The van der Waals surface area contributed by atoms with E-state index in [9.17, 15) is 0 Å². The molecule has 51 heavy (non-hydrogen) atoms. The molecule has 240 valence electrons. The lowest BCUT2D eigenvalue weighted by atomic mass is 9.45. The standard InChI is InChI=1S/C46H31BN2OS/c1-46(2,3)29-18-21-36-34(23-29)40-43-35(24-33-32-14-8-9-15-39(32)50-44(33)40)45-42-38(25-51-45)48(30-19-16-26-10-4-5-12-28(26)22-30)37-20-17-27-11-6-7-13-31(27)41(37)47(42)49(36)43/h4-25H,1-3H3. The number of fused-ring (bicyclic) bond motifs is 14.